The summed E-state index contributed by atoms with van der Waals surface area (Å²) < 4.78 is 5.61. The average Bonchev–Trinajstić information content (AvgIpc) is 3.01. The number of carbonyl (C=O) groups is 2. The Bertz CT molecular complexity index is 699. The molecule has 0 spiro atoms. The summed E-state index contributed by atoms with van der Waals surface area (Å²) in [5.41, 5.74) is 1.12. The van der Waals surface area contributed by atoms with Crippen LogP contribution in [0.5, 0.6) is 0 Å². The van der Waals surface area contributed by atoms with E-state index in [0.717, 1.165) is 42.9 Å². The van der Waals surface area contributed by atoms with E-state index in [9.17, 15) is 9.59 Å². The molecule has 1 saturated heterocycles. The molecule has 0 unspecified atom stereocenters. The van der Waals surface area contributed by atoms with Gasteiger partial charge >= 0.3 is 0 Å². The number of benzene rings is 1. The number of carbonyl (C=O) groups excluding carboxylic acids is 2. The number of likely N-dealkylation sites (tertiary alicyclic amines) is 1. The van der Waals surface area contributed by atoms with Crippen LogP contribution in [-0.2, 0) is 20.7 Å². The highest BCUT2D eigenvalue weighted by atomic mass is 35.5. The maximum atomic E-state index is 12.3. The Morgan fingerprint density at radius 3 is 2.68 bits per heavy atom. The van der Waals surface area contributed by atoms with Crippen molar-refractivity contribution in [3.8, 4) is 0 Å². The lowest BCUT2D eigenvalue weighted by Crippen LogP contribution is -2.49. The molecular weight excluding hydrogens is 378 g/mol. The highest BCUT2D eigenvalue weighted by Gasteiger charge is 2.42. The predicted octanol–water partition coefficient (Wildman–Crippen LogP) is 1.86. The minimum atomic E-state index is -0.0144. The third-order valence-electron chi connectivity index (χ3n) is 5.88. The van der Waals surface area contributed by atoms with Crippen LogP contribution in [0.2, 0.25) is 5.02 Å². The summed E-state index contributed by atoms with van der Waals surface area (Å²) in [5.74, 6) is 1.07. The van der Waals surface area contributed by atoms with E-state index in [2.05, 4.69) is 15.5 Å². The molecule has 6 nitrogen and oxygen atoms in total. The van der Waals surface area contributed by atoms with Crippen LogP contribution in [0, 0.1) is 11.8 Å². The van der Waals surface area contributed by atoms with Gasteiger partial charge in [0.2, 0.25) is 11.8 Å². The third kappa shape index (κ3) is 5.69. The van der Waals surface area contributed by atoms with E-state index in [0.29, 0.717) is 24.9 Å². The number of nitrogens with one attached hydrogen (secondary N) is 2. The first-order valence-electron chi connectivity index (χ1n) is 9.98. The Morgan fingerprint density at radius 2 is 2.00 bits per heavy atom. The first kappa shape index (κ1) is 21.1. The first-order valence-corrected chi connectivity index (χ1v) is 10.4. The smallest absolute Gasteiger partial charge is 0.234 e. The molecule has 0 radical (unpaired) electrons. The number of methoxy groups -OCH3 is 1. The van der Waals surface area contributed by atoms with E-state index in [1.54, 1.807) is 14.0 Å². The molecule has 4 atom stereocenters. The molecular formula is C21H30ClN3O3. The first-order chi connectivity index (χ1) is 13.4. The van der Waals surface area contributed by atoms with Gasteiger partial charge < -0.3 is 15.4 Å². The van der Waals surface area contributed by atoms with Gasteiger partial charge in [-0.2, -0.15) is 0 Å². The Morgan fingerprint density at radius 1 is 1.25 bits per heavy atom. The summed E-state index contributed by atoms with van der Waals surface area (Å²) in [5, 5.41) is 6.75. The summed E-state index contributed by atoms with van der Waals surface area (Å²) in [6.07, 6.45) is 2.66. The predicted molar refractivity (Wildman–Crippen MR) is 109 cm³/mol. The van der Waals surface area contributed by atoms with Crippen LogP contribution in [0.15, 0.2) is 24.3 Å². The van der Waals surface area contributed by atoms with Gasteiger partial charge in [-0.25, -0.2) is 0 Å². The molecule has 2 fully saturated rings. The van der Waals surface area contributed by atoms with Gasteiger partial charge in [0.05, 0.1) is 18.7 Å². The quantitative estimate of drug-likeness (QED) is 0.723. The van der Waals surface area contributed by atoms with Crippen molar-refractivity contribution >= 4 is 23.4 Å². The zero-order chi connectivity index (χ0) is 20.1. The van der Waals surface area contributed by atoms with Crippen LogP contribution in [0.4, 0.5) is 0 Å². The molecule has 2 aliphatic rings. The van der Waals surface area contributed by atoms with Gasteiger partial charge in [0.15, 0.2) is 0 Å². The lowest BCUT2D eigenvalue weighted by atomic mass is 9.77. The molecule has 1 heterocycles. The monoisotopic (exact) mass is 407 g/mol. The lowest BCUT2D eigenvalue weighted by Gasteiger charge is -2.37. The minimum Gasteiger partial charge on any atom is -0.379 e. The summed E-state index contributed by atoms with van der Waals surface area (Å²) in [4.78, 5) is 26.0. The molecule has 0 aromatic heterocycles. The van der Waals surface area contributed by atoms with Gasteiger partial charge in [-0.15, -0.1) is 0 Å². The number of fused-ring (bicyclic) bond motifs is 1. The fraction of sp³-hybridized carbons (Fsp3) is 0.619. The fourth-order valence-corrected chi connectivity index (χ4v) is 4.82. The van der Waals surface area contributed by atoms with Crippen LogP contribution in [0.3, 0.4) is 0 Å². The summed E-state index contributed by atoms with van der Waals surface area (Å²) in [6.45, 7) is 4.40. The number of ether oxygens (including phenoxy) is 1. The molecule has 2 amide bonds. The van der Waals surface area contributed by atoms with Gasteiger partial charge in [0, 0.05) is 38.7 Å². The highest BCUT2D eigenvalue weighted by Crippen LogP contribution is 2.37. The van der Waals surface area contributed by atoms with Crippen molar-refractivity contribution in [3.63, 3.8) is 0 Å². The molecule has 154 valence electrons. The van der Waals surface area contributed by atoms with Gasteiger partial charge in [-0.3, -0.25) is 14.5 Å². The van der Waals surface area contributed by atoms with E-state index in [-0.39, 0.29) is 24.0 Å². The van der Waals surface area contributed by atoms with Crippen LogP contribution >= 0.6 is 11.6 Å². The molecule has 3 rings (SSSR count). The molecule has 1 aromatic carbocycles. The molecule has 1 saturated carbocycles. The summed E-state index contributed by atoms with van der Waals surface area (Å²) in [6, 6.07) is 7.78. The molecule has 0 bridgehead atoms. The van der Waals surface area contributed by atoms with E-state index >= 15 is 0 Å². The second-order valence-electron chi connectivity index (χ2n) is 8.00. The van der Waals surface area contributed by atoms with Crippen molar-refractivity contribution in [2.45, 2.75) is 38.3 Å². The van der Waals surface area contributed by atoms with Crippen LogP contribution in [0.1, 0.15) is 25.3 Å². The van der Waals surface area contributed by atoms with Gasteiger partial charge in [-0.1, -0.05) is 23.7 Å². The minimum absolute atomic E-state index is 0.0144. The van der Waals surface area contributed by atoms with Gasteiger partial charge in [0.25, 0.3) is 0 Å². The second-order valence-corrected chi connectivity index (χ2v) is 8.43. The van der Waals surface area contributed by atoms with Crippen molar-refractivity contribution in [2.24, 2.45) is 11.8 Å². The molecule has 1 aliphatic carbocycles. The Kier molecular flexibility index (Phi) is 7.32. The zero-order valence-corrected chi connectivity index (χ0v) is 17.4. The Balaban J connectivity index is 1.43. The van der Waals surface area contributed by atoms with E-state index in [1.165, 1.54) is 0 Å². The normalized spacial score (nSPS) is 27.2. The number of hydrogen-bond acceptors (Lipinski definition) is 4. The Labute approximate surface area is 171 Å². The highest BCUT2D eigenvalue weighted by molar-refractivity contribution is 6.30. The van der Waals surface area contributed by atoms with Gasteiger partial charge in [0.1, 0.15) is 0 Å². The van der Waals surface area contributed by atoms with Crippen LogP contribution in [0.25, 0.3) is 0 Å². The SMILES string of the molecule is CO[C@@H]1C[C@H]2CN(CC(=O)NCCc3cccc(Cl)c3)C[C@H]2C[C@H]1NC(C)=O. The summed E-state index contributed by atoms with van der Waals surface area (Å²) in [7, 11) is 1.71. The molecule has 7 heteroatoms. The van der Waals surface area contributed by atoms with Crippen molar-refractivity contribution in [2.75, 3.05) is 33.3 Å². The van der Waals surface area contributed by atoms with E-state index in [4.69, 9.17) is 16.3 Å². The maximum absolute atomic E-state index is 12.3. The van der Waals surface area contributed by atoms with Crippen LogP contribution in [-0.4, -0.2) is 62.1 Å². The number of nitrogens with zero attached hydrogens (tertiary/aromatic N) is 1. The molecule has 28 heavy (non-hydrogen) atoms. The topological polar surface area (TPSA) is 70.7 Å². The zero-order valence-electron chi connectivity index (χ0n) is 16.6. The van der Waals surface area contributed by atoms with E-state index < -0.39 is 0 Å². The summed E-state index contributed by atoms with van der Waals surface area (Å²) >= 11 is 5.99. The van der Waals surface area contributed by atoms with Crippen molar-refractivity contribution in [1.29, 1.82) is 0 Å². The van der Waals surface area contributed by atoms with E-state index in [1.807, 2.05) is 24.3 Å². The van der Waals surface area contributed by atoms with Crippen molar-refractivity contribution in [1.82, 2.24) is 15.5 Å². The largest absolute Gasteiger partial charge is 0.379 e. The average molecular weight is 408 g/mol. The van der Waals surface area contributed by atoms with Crippen molar-refractivity contribution in [3.05, 3.63) is 34.9 Å². The maximum Gasteiger partial charge on any atom is 0.234 e. The number of amides is 2. The molecule has 2 N–H and O–H groups in total. The second kappa shape index (κ2) is 9.72. The van der Waals surface area contributed by atoms with Crippen molar-refractivity contribution < 1.29 is 14.3 Å². The fourth-order valence-electron chi connectivity index (χ4n) is 4.61. The van der Waals surface area contributed by atoms with Gasteiger partial charge in [-0.05, 0) is 48.8 Å². The number of hydrogen-bond donors (Lipinski definition) is 2. The van der Waals surface area contributed by atoms with Crippen LogP contribution < -0.4 is 10.6 Å². The molecule has 1 aromatic rings. The molecule has 1 aliphatic heterocycles. The third-order valence-corrected chi connectivity index (χ3v) is 6.11. The standard InChI is InChI=1S/C21H30ClN3O3/c1-14(26)24-19-9-16-11-25(12-17(16)10-20(19)28-2)13-21(27)23-7-6-15-4-3-5-18(22)8-15/h3-5,8,16-17,19-20H,6-7,9-13H2,1-2H3,(H,23,27)(H,24,26)/t16-,17+,19-,20-/m1/s1. The lowest BCUT2D eigenvalue weighted by molar-refractivity contribution is -0.122. The Hall–Kier alpha value is -1.63. The number of rotatable bonds is 7. The number of halogens is 1.